The zero-order chi connectivity index (χ0) is 14.8. The molecule has 4 heteroatoms. The van der Waals surface area contributed by atoms with Crippen LogP contribution in [0, 0.1) is 17.8 Å². The van der Waals surface area contributed by atoms with Gasteiger partial charge in [-0.2, -0.15) is 0 Å². The molecule has 2 fully saturated rings. The summed E-state index contributed by atoms with van der Waals surface area (Å²) in [6.45, 7) is 0. The molecule has 0 heterocycles. The molecule has 0 aromatic heterocycles. The highest BCUT2D eigenvalue weighted by Crippen LogP contribution is 2.49. The molecule has 0 aliphatic heterocycles. The number of benzene rings is 1. The Kier molecular flexibility index (Phi) is 4.04. The number of amides is 1. The van der Waals surface area contributed by atoms with Crippen LogP contribution in [0.1, 0.15) is 32.1 Å². The minimum absolute atomic E-state index is 0.0999. The molecule has 3 atom stereocenters. The zero-order valence-corrected chi connectivity index (χ0v) is 12.7. The van der Waals surface area contributed by atoms with Gasteiger partial charge in [0, 0.05) is 30.3 Å². The van der Waals surface area contributed by atoms with Crippen molar-refractivity contribution < 1.29 is 14.3 Å². The first-order valence-corrected chi connectivity index (χ1v) is 7.71. The average molecular weight is 289 g/mol. The Morgan fingerprint density at radius 1 is 1.14 bits per heavy atom. The normalized spacial score (nSPS) is 26.7. The Morgan fingerprint density at radius 2 is 1.86 bits per heavy atom. The van der Waals surface area contributed by atoms with Gasteiger partial charge < -0.3 is 14.8 Å². The number of methoxy groups -OCH3 is 2. The van der Waals surface area contributed by atoms with Crippen molar-refractivity contribution in [3.8, 4) is 11.5 Å². The van der Waals surface area contributed by atoms with Crippen LogP contribution in [0.2, 0.25) is 0 Å². The monoisotopic (exact) mass is 289 g/mol. The molecule has 1 aromatic rings. The van der Waals surface area contributed by atoms with Crippen LogP contribution >= 0.6 is 0 Å². The standard InChI is InChI=1S/C17H23NO3/c1-20-15-8-14(9-16(10-15)21-2)18-17(19)7-13-6-11-3-4-12(13)5-11/h8-13H,3-7H2,1-2H3,(H,18,19)/t11-,12-,13+/m1/s1. The molecule has 0 unspecified atom stereocenters. The lowest BCUT2D eigenvalue weighted by molar-refractivity contribution is -0.117. The van der Waals surface area contributed by atoms with Gasteiger partial charge in [0.05, 0.1) is 14.2 Å². The van der Waals surface area contributed by atoms with Crippen LogP contribution in [0.4, 0.5) is 5.69 Å². The molecule has 0 spiro atoms. The largest absolute Gasteiger partial charge is 0.497 e. The van der Waals surface area contributed by atoms with Gasteiger partial charge in [0.2, 0.25) is 5.91 Å². The zero-order valence-electron chi connectivity index (χ0n) is 12.7. The van der Waals surface area contributed by atoms with E-state index in [0.29, 0.717) is 23.8 Å². The molecule has 4 nitrogen and oxygen atoms in total. The van der Waals surface area contributed by atoms with Crippen LogP contribution in [0.3, 0.4) is 0 Å². The van der Waals surface area contributed by atoms with Gasteiger partial charge in [-0.25, -0.2) is 0 Å². The van der Waals surface area contributed by atoms with Crippen molar-refractivity contribution in [2.24, 2.45) is 17.8 Å². The number of anilines is 1. The van der Waals surface area contributed by atoms with E-state index in [4.69, 9.17) is 9.47 Å². The summed E-state index contributed by atoms with van der Waals surface area (Å²) in [6, 6.07) is 5.44. The highest BCUT2D eigenvalue weighted by Gasteiger charge is 2.40. The first kappa shape index (κ1) is 14.2. The number of rotatable bonds is 5. The second-order valence-corrected chi connectivity index (χ2v) is 6.29. The summed E-state index contributed by atoms with van der Waals surface area (Å²) in [5.41, 5.74) is 0.736. The number of carbonyl (C=O) groups excluding carboxylic acids is 1. The molecule has 3 rings (SSSR count). The van der Waals surface area contributed by atoms with Gasteiger partial charge in [0.15, 0.2) is 0 Å². The number of fused-ring (bicyclic) bond motifs is 2. The third-order valence-electron chi connectivity index (χ3n) is 4.97. The van der Waals surface area contributed by atoms with Gasteiger partial charge in [0.1, 0.15) is 11.5 Å². The summed E-state index contributed by atoms with van der Waals surface area (Å²) < 4.78 is 10.4. The van der Waals surface area contributed by atoms with Crippen LogP contribution in [0.15, 0.2) is 18.2 Å². The van der Waals surface area contributed by atoms with E-state index in [0.717, 1.165) is 17.5 Å². The van der Waals surface area contributed by atoms with Crippen LogP contribution in [-0.4, -0.2) is 20.1 Å². The lowest BCUT2D eigenvalue weighted by atomic mass is 9.86. The lowest BCUT2D eigenvalue weighted by Crippen LogP contribution is -2.20. The van der Waals surface area contributed by atoms with Crippen molar-refractivity contribution in [1.29, 1.82) is 0 Å². The molecule has 1 amide bonds. The summed E-state index contributed by atoms with van der Waals surface area (Å²) >= 11 is 0. The van der Waals surface area contributed by atoms with Crippen molar-refractivity contribution in [2.45, 2.75) is 32.1 Å². The first-order valence-electron chi connectivity index (χ1n) is 7.71. The van der Waals surface area contributed by atoms with Crippen molar-refractivity contribution in [1.82, 2.24) is 0 Å². The smallest absolute Gasteiger partial charge is 0.224 e. The molecule has 0 radical (unpaired) electrons. The molecule has 0 saturated heterocycles. The maximum atomic E-state index is 12.3. The fourth-order valence-electron chi connectivity index (χ4n) is 3.96. The van der Waals surface area contributed by atoms with Crippen molar-refractivity contribution in [3.63, 3.8) is 0 Å². The maximum absolute atomic E-state index is 12.3. The minimum atomic E-state index is 0.0999. The summed E-state index contributed by atoms with van der Waals surface area (Å²) in [7, 11) is 3.21. The molecular weight excluding hydrogens is 266 g/mol. The van der Waals surface area contributed by atoms with Gasteiger partial charge in [-0.05, 0) is 37.0 Å². The number of carbonyl (C=O) groups is 1. The molecular formula is C17H23NO3. The maximum Gasteiger partial charge on any atom is 0.224 e. The molecule has 21 heavy (non-hydrogen) atoms. The average Bonchev–Trinajstić information content (AvgIpc) is 3.09. The second kappa shape index (κ2) is 5.96. The highest BCUT2D eigenvalue weighted by molar-refractivity contribution is 5.91. The quantitative estimate of drug-likeness (QED) is 0.903. The molecule has 2 aliphatic rings. The summed E-state index contributed by atoms with van der Waals surface area (Å²) in [6.07, 6.45) is 5.90. The molecule has 1 N–H and O–H groups in total. The lowest BCUT2D eigenvalue weighted by Gasteiger charge is -2.21. The number of hydrogen-bond acceptors (Lipinski definition) is 3. The van der Waals surface area contributed by atoms with Gasteiger partial charge in [-0.3, -0.25) is 4.79 Å². The molecule has 1 aromatic carbocycles. The first-order chi connectivity index (χ1) is 10.2. The predicted octanol–water partition coefficient (Wildman–Crippen LogP) is 3.47. The fourth-order valence-corrected chi connectivity index (χ4v) is 3.96. The topological polar surface area (TPSA) is 47.6 Å². The van der Waals surface area contributed by atoms with E-state index in [1.54, 1.807) is 20.3 Å². The third kappa shape index (κ3) is 3.14. The highest BCUT2D eigenvalue weighted by atomic mass is 16.5. The molecule has 2 bridgehead atoms. The number of ether oxygens (including phenoxy) is 2. The van der Waals surface area contributed by atoms with Crippen LogP contribution in [0.5, 0.6) is 11.5 Å². The van der Waals surface area contributed by atoms with E-state index in [2.05, 4.69) is 5.32 Å². The second-order valence-electron chi connectivity index (χ2n) is 6.29. The third-order valence-corrected chi connectivity index (χ3v) is 4.97. The molecule has 2 aliphatic carbocycles. The SMILES string of the molecule is COc1cc(NC(=O)C[C@@H]2C[C@@H]3CC[C@@H]2C3)cc(OC)c1. The van der Waals surface area contributed by atoms with E-state index in [1.807, 2.05) is 12.1 Å². The Bertz CT molecular complexity index is 507. The van der Waals surface area contributed by atoms with E-state index in [-0.39, 0.29) is 5.91 Å². The number of nitrogens with one attached hydrogen (secondary N) is 1. The fraction of sp³-hybridized carbons (Fsp3) is 0.588. The van der Waals surface area contributed by atoms with Gasteiger partial charge in [-0.1, -0.05) is 6.42 Å². The van der Waals surface area contributed by atoms with Crippen molar-refractivity contribution in [3.05, 3.63) is 18.2 Å². The van der Waals surface area contributed by atoms with Gasteiger partial charge in [-0.15, -0.1) is 0 Å². The summed E-state index contributed by atoms with van der Waals surface area (Å²) in [5, 5.41) is 2.98. The van der Waals surface area contributed by atoms with Gasteiger partial charge in [0.25, 0.3) is 0 Å². The summed E-state index contributed by atoms with van der Waals surface area (Å²) in [5.74, 6) is 3.71. The van der Waals surface area contributed by atoms with E-state index in [9.17, 15) is 4.79 Å². The van der Waals surface area contributed by atoms with Crippen LogP contribution in [-0.2, 0) is 4.79 Å². The van der Waals surface area contributed by atoms with E-state index in [1.165, 1.54) is 25.7 Å². The van der Waals surface area contributed by atoms with Crippen molar-refractivity contribution >= 4 is 11.6 Å². The van der Waals surface area contributed by atoms with Crippen LogP contribution in [0.25, 0.3) is 0 Å². The van der Waals surface area contributed by atoms with E-state index < -0.39 is 0 Å². The Morgan fingerprint density at radius 3 is 2.38 bits per heavy atom. The van der Waals surface area contributed by atoms with Gasteiger partial charge >= 0.3 is 0 Å². The number of hydrogen-bond donors (Lipinski definition) is 1. The Labute approximate surface area is 125 Å². The van der Waals surface area contributed by atoms with Crippen LogP contribution < -0.4 is 14.8 Å². The van der Waals surface area contributed by atoms with Crippen molar-refractivity contribution in [2.75, 3.05) is 19.5 Å². The Balaban J connectivity index is 1.61. The summed E-state index contributed by atoms with van der Waals surface area (Å²) in [4.78, 5) is 12.3. The van der Waals surface area contributed by atoms with E-state index >= 15 is 0 Å². The molecule has 114 valence electrons. The minimum Gasteiger partial charge on any atom is -0.497 e. The predicted molar refractivity (Wildman–Crippen MR) is 81.7 cm³/mol. The molecule has 2 saturated carbocycles. The Hall–Kier alpha value is -1.71.